The molecule has 18 heavy (non-hydrogen) atoms. The fraction of sp³-hybridized carbons (Fsp3) is 0.417. The summed E-state index contributed by atoms with van der Waals surface area (Å²) in [6.07, 6.45) is 2.51. The SMILES string of the molecule is CCNc1cc(NCCc2noc(C)n2)ccn1. The second-order valence-corrected chi connectivity index (χ2v) is 3.87. The minimum atomic E-state index is 0.600. The number of hydrogen-bond donors (Lipinski definition) is 2. The van der Waals surface area contributed by atoms with Gasteiger partial charge in [-0.25, -0.2) is 4.98 Å². The van der Waals surface area contributed by atoms with Gasteiger partial charge in [-0.2, -0.15) is 4.98 Å². The van der Waals surface area contributed by atoms with Crippen LogP contribution in [0.25, 0.3) is 0 Å². The summed E-state index contributed by atoms with van der Waals surface area (Å²) in [6.45, 7) is 5.45. The van der Waals surface area contributed by atoms with Crippen LogP contribution in [0.5, 0.6) is 0 Å². The molecular weight excluding hydrogens is 230 g/mol. The van der Waals surface area contributed by atoms with Crippen molar-refractivity contribution in [2.75, 3.05) is 23.7 Å². The molecule has 2 heterocycles. The maximum atomic E-state index is 4.91. The molecule has 0 radical (unpaired) electrons. The maximum Gasteiger partial charge on any atom is 0.223 e. The van der Waals surface area contributed by atoms with Gasteiger partial charge in [-0.1, -0.05) is 5.16 Å². The molecule has 0 spiro atoms. The Bertz CT molecular complexity index is 497. The van der Waals surface area contributed by atoms with E-state index >= 15 is 0 Å². The van der Waals surface area contributed by atoms with Crippen molar-refractivity contribution in [2.24, 2.45) is 0 Å². The standard InChI is InChI=1S/C12H17N5O/c1-3-13-12-8-10(4-6-15-12)14-7-5-11-16-9(2)18-17-11/h4,6,8H,3,5,7H2,1-2H3,(H2,13,14,15). The number of anilines is 2. The number of nitrogens with one attached hydrogen (secondary N) is 2. The van der Waals surface area contributed by atoms with Crippen LogP contribution in [-0.4, -0.2) is 28.2 Å². The summed E-state index contributed by atoms with van der Waals surface area (Å²) in [4.78, 5) is 8.35. The van der Waals surface area contributed by atoms with Gasteiger partial charge in [-0.3, -0.25) is 0 Å². The van der Waals surface area contributed by atoms with Crippen molar-refractivity contribution in [3.05, 3.63) is 30.0 Å². The van der Waals surface area contributed by atoms with Gasteiger partial charge in [0.2, 0.25) is 5.89 Å². The number of hydrogen-bond acceptors (Lipinski definition) is 6. The minimum Gasteiger partial charge on any atom is -0.384 e. The van der Waals surface area contributed by atoms with E-state index in [0.717, 1.165) is 36.8 Å². The third kappa shape index (κ3) is 3.44. The Morgan fingerprint density at radius 3 is 2.94 bits per heavy atom. The van der Waals surface area contributed by atoms with Crippen LogP contribution in [0.15, 0.2) is 22.9 Å². The van der Waals surface area contributed by atoms with Crippen molar-refractivity contribution in [1.29, 1.82) is 0 Å². The molecule has 0 saturated heterocycles. The average molecular weight is 247 g/mol. The molecule has 2 rings (SSSR count). The Morgan fingerprint density at radius 2 is 2.22 bits per heavy atom. The lowest BCUT2D eigenvalue weighted by molar-refractivity contribution is 0.387. The minimum absolute atomic E-state index is 0.600. The molecule has 0 aliphatic carbocycles. The predicted molar refractivity (Wildman–Crippen MR) is 69.6 cm³/mol. The zero-order chi connectivity index (χ0) is 12.8. The molecule has 0 saturated carbocycles. The van der Waals surface area contributed by atoms with Crippen LogP contribution in [0.1, 0.15) is 18.6 Å². The van der Waals surface area contributed by atoms with E-state index in [9.17, 15) is 0 Å². The fourth-order valence-electron chi connectivity index (χ4n) is 1.58. The van der Waals surface area contributed by atoms with Gasteiger partial charge in [0.15, 0.2) is 5.82 Å². The van der Waals surface area contributed by atoms with E-state index in [1.165, 1.54) is 0 Å². The topological polar surface area (TPSA) is 75.9 Å². The summed E-state index contributed by atoms with van der Waals surface area (Å²) < 4.78 is 4.91. The summed E-state index contributed by atoms with van der Waals surface area (Å²) in [5, 5.41) is 10.3. The number of aryl methyl sites for hydroxylation is 1. The number of pyridine rings is 1. The highest BCUT2D eigenvalue weighted by Crippen LogP contribution is 2.11. The zero-order valence-corrected chi connectivity index (χ0v) is 10.6. The van der Waals surface area contributed by atoms with E-state index in [4.69, 9.17) is 4.52 Å². The third-order valence-electron chi connectivity index (χ3n) is 2.37. The first-order valence-electron chi connectivity index (χ1n) is 6.01. The monoisotopic (exact) mass is 247 g/mol. The summed E-state index contributed by atoms with van der Waals surface area (Å²) in [6, 6.07) is 3.91. The molecule has 0 amide bonds. The largest absolute Gasteiger partial charge is 0.384 e. The average Bonchev–Trinajstić information content (AvgIpc) is 2.76. The van der Waals surface area contributed by atoms with Gasteiger partial charge in [-0.05, 0) is 13.0 Å². The molecule has 6 heteroatoms. The van der Waals surface area contributed by atoms with Crippen molar-refractivity contribution >= 4 is 11.5 Å². The molecule has 96 valence electrons. The van der Waals surface area contributed by atoms with Crippen LogP contribution in [0.4, 0.5) is 11.5 Å². The van der Waals surface area contributed by atoms with Crippen LogP contribution in [-0.2, 0) is 6.42 Å². The van der Waals surface area contributed by atoms with Crippen LogP contribution in [0.3, 0.4) is 0 Å². The Morgan fingerprint density at radius 1 is 1.33 bits per heavy atom. The van der Waals surface area contributed by atoms with Crippen molar-refractivity contribution in [3.8, 4) is 0 Å². The second-order valence-electron chi connectivity index (χ2n) is 3.87. The first-order valence-corrected chi connectivity index (χ1v) is 6.01. The second kappa shape index (κ2) is 6.00. The van der Waals surface area contributed by atoms with Gasteiger partial charge < -0.3 is 15.2 Å². The molecule has 2 N–H and O–H groups in total. The highest BCUT2D eigenvalue weighted by Gasteiger charge is 2.01. The molecule has 0 aliphatic heterocycles. The number of rotatable bonds is 6. The molecular formula is C12H17N5O. The molecule has 0 aliphatic rings. The molecule has 6 nitrogen and oxygen atoms in total. The van der Waals surface area contributed by atoms with E-state index in [-0.39, 0.29) is 0 Å². The van der Waals surface area contributed by atoms with Crippen molar-refractivity contribution in [1.82, 2.24) is 15.1 Å². The van der Waals surface area contributed by atoms with E-state index in [1.54, 1.807) is 13.1 Å². The Balaban J connectivity index is 1.84. The zero-order valence-electron chi connectivity index (χ0n) is 10.6. The summed E-state index contributed by atoms with van der Waals surface area (Å²) in [5.74, 6) is 2.20. The van der Waals surface area contributed by atoms with E-state index in [0.29, 0.717) is 5.89 Å². The number of nitrogens with zero attached hydrogens (tertiary/aromatic N) is 3. The molecule has 0 unspecified atom stereocenters. The number of aromatic nitrogens is 3. The van der Waals surface area contributed by atoms with E-state index < -0.39 is 0 Å². The van der Waals surface area contributed by atoms with Gasteiger partial charge in [0.05, 0.1) is 0 Å². The third-order valence-corrected chi connectivity index (χ3v) is 2.37. The summed E-state index contributed by atoms with van der Waals surface area (Å²) >= 11 is 0. The Hall–Kier alpha value is -2.11. The highest BCUT2D eigenvalue weighted by molar-refractivity contribution is 5.51. The lowest BCUT2D eigenvalue weighted by atomic mass is 10.3. The smallest absolute Gasteiger partial charge is 0.223 e. The fourth-order valence-corrected chi connectivity index (χ4v) is 1.58. The van der Waals surface area contributed by atoms with Gasteiger partial charge in [-0.15, -0.1) is 0 Å². The highest BCUT2D eigenvalue weighted by atomic mass is 16.5. The van der Waals surface area contributed by atoms with E-state index in [1.807, 2.05) is 19.1 Å². The van der Waals surface area contributed by atoms with Crippen LogP contribution in [0.2, 0.25) is 0 Å². The molecule has 0 bridgehead atoms. The van der Waals surface area contributed by atoms with Gasteiger partial charge in [0, 0.05) is 44.4 Å². The van der Waals surface area contributed by atoms with Gasteiger partial charge in [0.1, 0.15) is 5.82 Å². The Labute approximate surface area is 106 Å². The van der Waals surface area contributed by atoms with Crippen molar-refractivity contribution < 1.29 is 4.52 Å². The maximum absolute atomic E-state index is 4.91. The molecule has 2 aromatic rings. The Kier molecular flexibility index (Phi) is 4.11. The van der Waals surface area contributed by atoms with Crippen LogP contribution < -0.4 is 10.6 Å². The lowest BCUT2D eigenvalue weighted by Gasteiger charge is -2.07. The van der Waals surface area contributed by atoms with Crippen molar-refractivity contribution in [2.45, 2.75) is 20.3 Å². The molecule has 0 atom stereocenters. The summed E-state index contributed by atoms with van der Waals surface area (Å²) in [5.41, 5.74) is 1.03. The van der Waals surface area contributed by atoms with Crippen LogP contribution in [0, 0.1) is 6.92 Å². The van der Waals surface area contributed by atoms with Crippen LogP contribution >= 0.6 is 0 Å². The normalized spacial score (nSPS) is 10.3. The van der Waals surface area contributed by atoms with Gasteiger partial charge in [0.25, 0.3) is 0 Å². The lowest BCUT2D eigenvalue weighted by Crippen LogP contribution is -2.07. The summed E-state index contributed by atoms with van der Waals surface area (Å²) in [7, 11) is 0. The van der Waals surface area contributed by atoms with Gasteiger partial charge >= 0.3 is 0 Å². The quantitative estimate of drug-likeness (QED) is 0.811. The molecule has 2 aromatic heterocycles. The van der Waals surface area contributed by atoms with Crippen molar-refractivity contribution in [3.63, 3.8) is 0 Å². The molecule has 0 aromatic carbocycles. The molecule has 0 fully saturated rings. The first-order chi connectivity index (χ1) is 8.78. The predicted octanol–water partition coefficient (Wildman–Crippen LogP) is 1.86. The first kappa shape index (κ1) is 12.3. The van der Waals surface area contributed by atoms with E-state index in [2.05, 4.69) is 25.8 Å².